The minimum atomic E-state index is -0.407. The van der Waals surface area contributed by atoms with Crippen LogP contribution in [0.3, 0.4) is 0 Å². The third kappa shape index (κ3) is 3.92. The second-order valence-corrected chi connectivity index (χ2v) is 8.09. The summed E-state index contributed by atoms with van der Waals surface area (Å²) in [6.45, 7) is 6.49. The summed E-state index contributed by atoms with van der Waals surface area (Å²) in [6, 6.07) is 20.5. The van der Waals surface area contributed by atoms with Gasteiger partial charge in [0, 0.05) is 18.3 Å². The Morgan fingerprint density at radius 3 is 2.18 bits per heavy atom. The maximum Gasteiger partial charge on any atom is 0.282 e. The number of hydrogen-bond acceptors (Lipinski definition) is 5. The Bertz CT molecular complexity index is 1280. The second-order valence-electron chi connectivity index (χ2n) is 8.09. The van der Waals surface area contributed by atoms with Gasteiger partial charge in [0.15, 0.2) is 0 Å². The van der Waals surface area contributed by atoms with E-state index >= 15 is 0 Å². The van der Waals surface area contributed by atoms with E-state index < -0.39 is 11.8 Å². The van der Waals surface area contributed by atoms with E-state index in [-0.39, 0.29) is 0 Å². The Kier molecular flexibility index (Phi) is 6.41. The van der Waals surface area contributed by atoms with Crippen LogP contribution in [0.25, 0.3) is 5.57 Å². The highest BCUT2D eigenvalue weighted by Gasteiger charge is 2.43. The van der Waals surface area contributed by atoms with Crippen LogP contribution in [-0.2, 0) is 9.59 Å². The molecule has 3 aromatic carbocycles. The van der Waals surface area contributed by atoms with E-state index in [1.807, 2.05) is 74.2 Å². The van der Waals surface area contributed by atoms with E-state index in [9.17, 15) is 9.59 Å². The van der Waals surface area contributed by atoms with Crippen LogP contribution in [0.4, 0.5) is 11.4 Å². The number of para-hydroxylation sites is 1. The highest BCUT2D eigenvalue weighted by molar-refractivity contribution is 6.46. The molecule has 0 aliphatic carbocycles. The molecule has 174 valence electrons. The first kappa shape index (κ1) is 23.1. The van der Waals surface area contributed by atoms with Crippen LogP contribution in [0.1, 0.15) is 23.6 Å². The number of rotatable bonds is 7. The first-order chi connectivity index (χ1) is 16.4. The fourth-order valence-electron chi connectivity index (χ4n) is 4.19. The first-order valence-corrected chi connectivity index (χ1v) is 11.2. The summed E-state index contributed by atoms with van der Waals surface area (Å²) in [6.07, 6.45) is 0. The van der Waals surface area contributed by atoms with Gasteiger partial charge in [-0.15, -0.1) is 0 Å². The number of hydrogen-bond donors (Lipinski definition) is 0. The average molecular weight is 457 g/mol. The highest BCUT2D eigenvalue weighted by Crippen LogP contribution is 2.41. The number of nitrogens with zero attached hydrogens (tertiary/aromatic N) is 2. The van der Waals surface area contributed by atoms with Gasteiger partial charge in [0.1, 0.15) is 17.2 Å². The molecule has 1 heterocycles. The number of carbonyl (C=O) groups is 2. The zero-order valence-corrected chi connectivity index (χ0v) is 20.1. The largest absolute Gasteiger partial charge is 0.497 e. The molecule has 6 heteroatoms. The molecular weight excluding hydrogens is 428 g/mol. The van der Waals surface area contributed by atoms with E-state index in [0.717, 1.165) is 16.8 Å². The van der Waals surface area contributed by atoms with Gasteiger partial charge in [0.25, 0.3) is 11.8 Å². The Balaban J connectivity index is 1.95. The smallest absolute Gasteiger partial charge is 0.282 e. The van der Waals surface area contributed by atoms with Gasteiger partial charge in [-0.05, 0) is 61.7 Å². The molecule has 0 fully saturated rings. The molecule has 0 aromatic heterocycles. The molecule has 1 aliphatic heterocycles. The number of likely N-dealkylation sites (N-methyl/N-ethyl adjacent to an activating group) is 1. The maximum absolute atomic E-state index is 14.0. The van der Waals surface area contributed by atoms with Gasteiger partial charge in [-0.1, -0.05) is 36.4 Å². The van der Waals surface area contributed by atoms with Crippen LogP contribution in [0.2, 0.25) is 0 Å². The normalized spacial score (nSPS) is 13.5. The maximum atomic E-state index is 14.0. The van der Waals surface area contributed by atoms with E-state index in [1.165, 1.54) is 19.1 Å². The SMILES string of the molecule is CCN(C1=C(c2ccc(C)c(C)c2)C(=O)N(c2cc(OC)ccc2OC)C1=O)c1ccccc1. The molecule has 0 saturated carbocycles. The molecule has 0 spiro atoms. The molecule has 0 radical (unpaired) electrons. The Morgan fingerprint density at radius 1 is 0.824 bits per heavy atom. The summed E-state index contributed by atoms with van der Waals surface area (Å²) in [5.74, 6) is 0.124. The van der Waals surface area contributed by atoms with Crippen molar-refractivity contribution in [2.24, 2.45) is 0 Å². The number of anilines is 2. The van der Waals surface area contributed by atoms with Crippen LogP contribution in [0.5, 0.6) is 11.5 Å². The van der Waals surface area contributed by atoms with Crippen molar-refractivity contribution in [1.29, 1.82) is 0 Å². The fraction of sp³-hybridized carbons (Fsp3) is 0.214. The van der Waals surface area contributed by atoms with E-state index in [0.29, 0.717) is 40.6 Å². The van der Waals surface area contributed by atoms with E-state index in [4.69, 9.17) is 9.47 Å². The molecule has 0 bridgehead atoms. The molecule has 1 aliphatic rings. The number of amides is 2. The monoisotopic (exact) mass is 456 g/mol. The van der Waals surface area contributed by atoms with Crippen LogP contribution in [0, 0.1) is 13.8 Å². The molecule has 3 aromatic rings. The van der Waals surface area contributed by atoms with Gasteiger partial charge < -0.3 is 14.4 Å². The Morgan fingerprint density at radius 2 is 1.56 bits per heavy atom. The zero-order chi connectivity index (χ0) is 24.4. The van der Waals surface area contributed by atoms with Crippen molar-refractivity contribution in [3.8, 4) is 11.5 Å². The molecular formula is C28H28N2O4. The van der Waals surface area contributed by atoms with Crippen molar-refractivity contribution < 1.29 is 19.1 Å². The van der Waals surface area contributed by atoms with Gasteiger partial charge >= 0.3 is 0 Å². The summed E-state index contributed by atoms with van der Waals surface area (Å²) in [5, 5.41) is 0. The minimum absolute atomic E-state index is 0.340. The number of aryl methyl sites for hydroxylation is 2. The van der Waals surface area contributed by atoms with Crippen molar-refractivity contribution in [1.82, 2.24) is 0 Å². The average Bonchev–Trinajstić information content (AvgIpc) is 3.11. The van der Waals surface area contributed by atoms with Gasteiger partial charge in [0.2, 0.25) is 0 Å². The van der Waals surface area contributed by atoms with E-state index in [2.05, 4.69) is 0 Å². The quantitative estimate of drug-likeness (QED) is 0.461. The lowest BCUT2D eigenvalue weighted by Gasteiger charge is -2.25. The summed E-state index contributed by atoms with van der Waals surface area (Å²) in [7, 11) is 3.05. The minimum Gasteiger partial charge on any atom is -0.497 e. The highest BCUT2D eigenvalue weighted by atomic mass is 16.5. The summed E-state index contributed by atoms with van der Waals surface area (Å²) >= 11 is 0. The standard InChI is InChI=1S/C28H28N2O4/c1-6-29(21-10-8-7-9-11-21)26-25(20-13-12-18(2)19(3)16-20)27(31)30(28(26)32)23-17-22(33-4)14-15-24(23)34-5/h7-17H,6H2,1-5H3. The number of imide groups is 1. The van der Waals surface area contributed by atoms with Gasteiger partial charge in [-0.2, -0.15) is 0 Å². The number of methoxy groups -OCH3 is 2. The molecule has 0 atom stereocenters. The predicted molar refractivity (Wildman–Crippen MR) is 134 cm³/mol. The van der Waals surface area contributed by atoms with Gasteiger partial charge in [-0.25, -0.2) is 4.90 Å². The van der Waals surface area contributed by atoms with Crippen molar-refractivity contribution in [2.45, 2.75) is 20.8 Å². The number of ether oxygens (including phenoxy) is 2. The topological polar surface area (TPSA) is 59.1 Å². The number of benzene rings is 3. The molecule has 0 N–H and O–H groups in total. The lowest BCUT2D eigenvalue weighted by molar-refractivity contribution is -0.120. The molecule has 4 rings (SSSR count). The van der Waals surface area contributed by atoms with Crippen LogP contribution < -0.4 is 19.3 Å². The van der Waals surface area contributed by atoms with Gasteiger partial charge in [-0.3, -0.25) is 9.59 Å². The molecule has 0 saturated heterocycles. The molecule has 0 unspecified atom stereocenters. The summed E-state index contributed by atoms with van der Waals surface area (Å²) < 4.78 is 10.9. The Hall–Kier alpha value is -4.06. The lowest BCUT2D eigenvalue weighted by Crippen LogP contribution is -2.35. The molecule has 34 heavy (non-hydrogen) atoms. The van der Waals surface area contributed by atoms with Crippen LogP contribution in [0.15, 0.2) is 72.4 Å². The zero-order valence-electron chi connectivity index (χ0n) is 20.1. The lowest BCUT2D eigenvalue weighted by atomic mass is 9.99. The van der Waals surface area contributed by atoms with Gasteiger partial charge in [0.05, 0.1) is 25.5 Å². The van der Waals surface area contributed by atoms with Crippen molar-refractivity contribution in [3.05, 3.63) is 89.1 Å². The predicted octanol–water partition coefficient (Wildman–Crippen LogP) is 5.13. The van der Waals surface area contributed by atoms with Crippen LogP contribution in [-0.4, -0.2) is 32.6 Å². The van der Waals surface area contributed by atoms with Crippen molar-refractivity contribution in [2.75, 3.05) is 30.6 Å². The molecule has 2 amide bonds. The van der Waals surface area contributed by atoms with E-state index in [1.54, 1.807) is 18.2 Å². The first-order valence-electron chi connectivity index (χ1n) is 11.2. The summed E-state index contributed by atoms with van der Waals surface area (Å²) in [4.78, 5) is 31.0. The third-order valence-corrected chi connectivity index (χ3v) is 6.14. The van der Waals surface area contributed by atoms with Crippen LogP contribution >= 0.6 is 0 Å². The van der Waals surface area contributed by atoms with Crippen molar-refractivity contribution >= 4 is 28.8 Å². The Labute approximate surface area is 200 Å². The third-order valence-electron chi connectivity index (χ3n) is 6.14. The summed E-state index contributed by atoms with van der Waals surface area (Å²) in [5.41, 5.74) is 4.75. The fourth-order valence-corrected chi connectivity index (χ4v) is 4.19. The molecule has 6 nitrogen and oxygen atoms in total. The van der Waals surface area contributed by atoms with Crippen molar-refractivity contribution in [3.63, 3.8) is 0 Å². The second kappa shape index (κ2) is 9.43. The number of carbonyl (C=O) groups excluding carboxylic acids is 2.